The van der Waals surface area contributed by atoms with Crippen LogP contribution in [0.4, 0.5) is 0 Å². The van der Waals surface area contributed by atoms with Crippen LogP contribution in [0.5, 0.6) is 0 Å². The minimum atomic E-state index is -0.0712. The second kappa shape index (κ2) is 8.82. The van der Waals surface area contributed by atoms with Crippen LogP contribution in [-0.4, -0.2) is 28.4 Å². The molecule has 0 saturated carbocycles. The molecule has 0 bridgehead atoms. The van der Waals surface area contributed by atoms with Crippen LogP contribution in [0.1, 0.15) is 49.4 Å². The van der Waals surface area contributed by atoms with E-state index in [2.05, 4.69) is 10.4 Å². The van der Waals surface area contributed by atoms with Gasteiger partial charge in [0.25, 0.3) is 0 Å². The Balaban J connectivity index is 0.00000180. The van der Waals surface area contributed by atoms with Crippen LogP contribution in [-0.2, 0) is 4.79 Å². The van der Waals surface area contributed by atoms with Crippen molar-refractivity contribution >= 4 is 42.1 Å². The number of aromatic nitrogens is 1. The molecule has 2 unspecified atom stereocenters. The summed E-state index contributed by atoms with van der Waals surface area (Å²) in [5.41, 5.74) is 6.77. The summed E-state index contributed by atoms with van der Waals surface area (Å²) < 4.78 is 0. The first-order chi connectivity index (χ1) is 8.58. The maximum atomic E-state index is 12.2. The largest absolute Gasteiger partial charge is 0.333 e. The van der Waals surface area contributed by atoms with E-state index >= 15 is 0 Å². The highest BCUT2D eigenvalue weighted by Crippen LogP contribution is 2.33. The fourth-order valence-corrected chi connectivity index (χ4v) is 3.35. The predicted molar refractivity (Wildman–Crippen MR) is 87.9 cm³/mol. The van der Waals surface area contributed by atoms with E-state index in [0.29, 0.717) is 6.42 Å². The number of nitrogens with two attached hydrogens (primary N) is 1. The normalized spacial score (nSPS) is 19.8. The van der Waals surface area contributed by atoms with E-state index in [9.17, 15) is 4.79 Å². The first kappa shape index (κ1) is 19.6. The van der Waals surface area contributed by atoms with Crippen molar-refractivity contribution in [2.24, 2.45) is 5.73 Å². The van der Waals surface area contributed by atoms with Crippen molar-refractivity contribution in [3.05, 3.63) is 16.1 Å². The average Bonchev–Trinajstić information content (AvgIpc) is 2.75. The van der Waals surface area contributed by atoms with Gasteiger partial charge in [-0.1, -0.05) is 0 Å². The molecule has 1 aliphatic rings. The van der Waals surface area contributed by atoms with Crippen molar-refractivity contribution in [2.75, 3.05) is 6.54 Å². The SMILES string of the molecule is Cc1csc(C2CCCCN2C(=O)CC(C)N)n1.Cl.Cl. The molecular formula is C13H23Cl2N3OS. The quantitative estimate of drug-likeness (QED) is 0.920. The van der Waals surface area contributed by atoms with Crippen LogP contribution in [0, 0.1) is 6.92 Å². The molecule has 1 saturated heterocycles. The molecular weight excluding hydrogens is 317 g/mol. The molecule has 1 amide bonds. The Bertz CT molecular complexity index is 426. The molecule has 7 heteroatoms. The summed E-state index contributed by atoms with van der Waals surface area (Å²) in [6, 6.07) is 0.0989. The van der Waals surface area contributed by atoms with E-state index in [-0.39, 0.29) is 42.8 Å². The van der Waals surface area contributed by atoms with E-state index in [0.717, 1.165) is 30.1 Å². The second-order valence-electron chi connectivity index (χ2n) is 5.11. The average molecular weight is 340 g/mol. The lowest BCUT2D eigenvalue weighted by Gasteiger charge is -2.35. The summed E-state index contributed by atoms with van der Waals surface area (Å²) >= 11 is 1.66. The number of hydrogen-bond donors (Lipinski definition) is 1. The Labute approximate surface area is 137 Å². The first-order valence-electron chi connectivity index (χ1n) is 6.55. The van der Waals surface area contributed by atoms with Crippen molar-refractivity contribution in [1.82, 2.24) is 9.88 Å². The van der Waals surface area contributed by atoms with Gasteiger partial charge in [0.15, 0.2) is 0 Å². The molecule has 2 rings (SSSR count). The molecule has 1 aromatic heterocycles. The number of rotatable bonds is 3. The Morgan fingerprint density at radius 3 is 2.80 bits per heavy atom. The molecule has 0 radical (unpaired) electrons. The van der Waals surface area contributed by atoms with Gasteiger partial charge in [0.1, 0.15) is 5.01 Å². The van der Waals surface area contributed by atoms with Crippen molar-refractivity contribution in [3.63, 3.8) is 0 Å². The van der Waals surface area contributed by atoms with Gasteiger partial charge >= 0.3 is 0 Å². The minimum absolute atomic E-state index is 0. The molecule has 0 spiro atoms. The minimum Gasteiger partial charge on any atom is -0.333 e. The Morgan fingerprint density at radius 1 is 1.55 bits per heavy atom. The van der Waals surface area contributed by atoms with E-state index in [1.807, 2.05) is 18.7 Å². The summed E-state index contributed by atoms with van der Waals surface area (Å²) in [5.74, 6) is 0.169. The standard InChI is InChI=1S/C13H21N3OS.2ClH/c1-9(14)7-12(17)16-6-4-3-5-11(16)13-15-10(2)8-18-13;;/h8-9,11H,3-7,14H2,1-2H3;2*1H. The van der Waals surface area contributed by atoms with Crippen LogP contribution in [0.3, 0.4) is 0 Å². The zero-order valence-corrected chi connectivity index (χ0v) is 14.3. The van der Waals surface area contributed by atoms with Gasteiger partial charge in [-0.15, -0.1) is 36.2 Å². The molecule has 1 fully saturated rings. The zero-order valence-electron chi connectivity index (χ0n) is 11.9. The van der Waals surface area contributed by atoms with Crippen molar-refractivity contribution in [2.45, 2.75) is 51.6 Å². The number of carbonyl (C=O) groups is 1. The maximum Gasteiger partial charge on any atom is 0.224 e. The number of aryl methyl sites for hydroxylation is 1. The van der Waals surface area contributed by atoms with E-state index < -0.39 is 0 Å². The number of halogens is 2. The number of thiazole rings is 1. The summed E-state index contributed by atoms with van der Waals surface area (Å²) in [6.07, 6.45) is 3.72. The predicted octanol–water partition coefficient (Wildman–Crippen LogP) is 3.09. The van der Waals surface area contributed by atoms with Gasteiger partial charge in [0, 0.05) is 30.1 Å². The molecule has 1 aliphatic heterocycles. The van der Waals surface area contributed by atoms with Crippen molar-refractivity contribution in [1.29, 1.82) is 0 Å². The number of carbonyl (C=O) groups excluding carboxylic acids is 1. The highest BCUT2D eigenvalue weighted by Gasteiger charge is 2.29. The molecule has 2 N–H and O–H groups in total. The number of piperidine rings is 1. The molecule has 1 aromatic rings. The van der Waals surface area contributed by atoms with Gasteiger partial charge in [0.05, 0.1) is 6.04 Å². The molecule has 0 aliphatic carbocycles. The molecule has 2 atom stereocenters. The lowest BCUT2D eigenvalue weighted by molar-refractivity contribution is -0.135. The lowest BCUT2D eigenvalue weighted by Crippen LogP contribution is -2.40. The van der Waals surface area contributed by atoms with Crippen molar-refractivity contribution in [3.8, 4) is 0 Å². The second-order valence-corrected chi connectivity index (χ2v) is 6.00. The highest BCUT2D eigenvalue weighted by molar-refractivity contribution is 7.09. The van der Waals surface area contributed by atoms with Crippen LogP contribution in [0.2, 0.25) is 0 Å². The fourth-order valence-electron chi connectivity index (χ4n) is 2.40. The van der Waals surface area contributed by atoms with Gasteiger partial charge in [-0.3, -0.25) is 4.79 Å². The van der Waals surface area contributed by atoms with E-state index in [1.165, 1.54) is 6.42 Å². The Hall–Kier alpha value is -0.360. The molecule has 20 heavy (non-hydrogen) atoms. The molecule has 0 aromatic carbocycles. The van der Waals surface area contributed by atoms with E-state index in [1.54, 1.807) is 11.3 Å². The van der Waals surface area contributed by atoms with Crippen molar-refractivity contribution < 1.29 is 4.79 Å². The zero-order chi connectivity index (χ0) is 13.1. The summed E-state index contributed by atoms with van der Waals surface area (Å²) in [4.78, 5) is 18.7. The highest BCUT2D eigenvalue weighted by atomic mass is 35.5. The third-order valence-electron chi connectivity index (χ3n) is 3.24. The molecule has 4 nitrogen and oxygen atoms in total. The first-order valence-corrected chi connectivity index (χ1v) is 7.43. The summed E-state index contributed by atoms with van der Waals surface area (Å²) in [7, 11) is 0. The number of amides is 1. The maximum absolute atomic E-state index is 12.2. The topological polar surface area (TPSA) is 59.2 Å². The smallest absolute Gasteiger partial charge is 0.224 e. The van der Waals surface area contributed by atoms with Crippen LogP contribution < -0.4 is 5.73 Å². The molecule has 2 heterocycles. The Morgan fingerprint density at radius 2 is 2.25 bits per heavy atom. The van der Waals surface area contributed by atoms with Gasteiger partial charge in [-0.2, -0.15) is 0 Å². The van der Waals surface area contributed by atoms with Gasteiger partial charge in [-0.25, -0.2) is 4.98 Å². The van der Waals surface area contributed by atoms with Gasteiger partial charge in [0.2, 0.25) is 5.91 Å². The number of nitrogens with zero attached hydrogens (tertiary/aromatic N) is 2. The van der Waals surface area contributed by atoms with Gasteiger partial charge < -0.3 is 10.6 Å². The van der Waals surface area contributed by atoms with Gasteiger partial charge in [-0.05, 0) is 33.1 Å². The monoisotopic (exact) mass is 339 g/mol. The Kier molecular flexibility index (Phi) is 8.66. The number of hydrogen-bond acceptors (Lipinski definition) is 4. The summed E-state index contributed by atoms with van der Waals surface area (Å²) in [5, 5.41) is 3.13. The fraction of sp³-hybridized carbons (Fsp3) is 0.692. The van der Waals surface area contributed by atoms with Crippen LogP contribution in [0.25, 0.3) is 0 Å². The summed E-state index contributed by atoms with van der Waals surface area (Å²) in [6.45, 7) is 4.72. The third kappa shape index (κ3) is 4.88. The molecule has 116 valence electrons. The van der Waals surface area contributed by atoms with E-state index in [4.69, 9.17) is 5.73 Å². The lowest BCUT2D eigenvalue weighted by atomic mass is 10.0. The third-order valence-corrected chi connectivity index (χ3v) is 4.31. The van der Waals surface area contributed by atoms with Crippen LogP contribution >= 0.6 is 36.2 Å². The van der Waals surface area contributed by atoms with Crippen LogP contribution in [0.15, 0.2) is 5.38 Å². The number of likely N-dealkylation sites (tertiary alicyclic amines) is 1.